The molecule has 1 aromatic carbocycles. The summed E-state index contributed by atoms with van der Waals surface area (Å²) in [5, 5.41) is 13.2. The summed E-state index contributed by atoms with van der Waals surface area (Å²) in [6, 6.07) is 4.01. The number of ether oxygens (including phenoxy) is 1. The van der Waals surface area contributed by atoms with Crippen LogP contribution in [0.3, 0.4) is 0 Å². The smallest absolute Gasteiger partial charge is 0.504 e. The number of nitrogens with zero attached hydrogens (tertiary/aromatic N) is 1. The molecule has 1 fully saturated rings. The summed E-state index contributed by atoms with van der Waals surface area (Å²) in [4.78, 5) is 2.10. The Labute approximate surface area is 139 Å². The maximum Gasteiger partial charge on any atom is 0.573 e. The molecule has 2 N–H and O–H groups in total. The number of para-hydroxylation sites is 1. The highest BCUT2D eigenvalue weighted by molar-refractivity contribution is 5.85. The average Bonchev–Trinajstić information content (AvgIpc) is 2.40. The molecule has 1 heterocycles. The van der Waals surface area contributed by atoms with Crippen molar-refractivity contribution in [2.24, 2.45) is 0 Å². The zero-order chi connectivity index (χ0) is 14.8. The highest BCUT2D eigenvalue weighted by atomic mass is 35.5. The molecule has 0 saturated carbocycles. The maximum atomic E-state index is 12.3. The lowest BCUT2D eigenvalue weighted by Crippen LogP contribution is -2.44. The van der Waals surface area contributed by atoms with Gasteiger partial charge in [-0.25, -0.2) is 0 Å². The van der Waals surface area contributed by atoms with Crippen LogP contribution in [0.25, 0.3) is 0 Å². The van der Waals surface area contributed by atoms with Gasteiger partial charge in [-0.05, 0) is 13.0 Å². The van der Waals surface area contributed by atoms with E-state index < -0.39 is 17.9 Å². The molecule has 0 amide bonds. The molecule has 128 valence electrons. The molecule has 0 aromatic heterocycles. The topological polar surface area (TPSA) is 44.7 Å². The summed E-state index contributed by atoms with van der Waals surface area (Å²) < 4.78 is 40.6. The Kier molecular flexibility index (Phi) is 8.32. The van der Waals surface area contributed by atoms with E-state index in [9.17, 15) is 18.3 Å². The molecule has 1 aliphatic heterocycles. The number of alkyl halides is 3. The van der Waals surface area contributed by atoms with Gasteiger partial charge in [0.05, 0.1) is 0 Å². The highest BCUT2D eigenvalue weighted by Crippen LogP contribution is 2.38. The van der Waals surface area contributed by atoms with Crippen molar-refractivity contribution in [3.8, 4) is 11.5 Å². The Hall–Kier alpha value is -0.890. The van der Waals surface area contributed by atoms with Crippen LogP contribution in [0.4, 0.5) is 13.2 Å². The lowest BCUT2D eigenvalue weighted by atomic mass is 10.0. The van der Waals surface area contributed by atoms with Crippen molar-refractivity contribution in [2.45, 2.75) is 19.3 Å². The van der Waals surface area contributed by atoms with Gasteiger partial charge in [0.2, 0.25) is 0 Å². The Morgan fingerprint density at radius 2 is 1.82 bits per heavy atom. The van der Waals surface area contributed by atoms with Crippen molar-refractivity contribution in [1.29, 1.82) is 0 Å². The maximum absolute atomic E-state index is 12.3. The molecule has 0 spiro atoms. The van der Waals surface area contributed by atoms with Crippen LogP contribution < -0.4 is 10.1 Å². The Morgan fingerprint density at radius 1 is 1.23 bits per heavy atom. The fourth-order valence-electron chi connectivity index (χ4n) is 2.35. The first-order valence-electron chi connectivity index (χ1n) is 6.41. The quantitative estimate of drug-likeness (QED) is 0.867. The van der Waals surface area contributed by atoms with Gasteiger partial charge in [0, 0.05) is 37.8 Å². The number of nitrogens with one attached hydrogen (secondary N) is 1. The number of phenols is 1. The second kappa shape index (κ2) is 8.67. The van der Waals surface area contributed by atoms with Crippen molar-refractivity contribution < 1.29 is 23.0 Å². The lowest BCUT2D eigenvalue weighted by molar-refractivity contribution is -0.275. The molecule has 22 heavy (non-hydrogen) atoms. The summed E-state index contributed by atoms with van der Waals surface area (Å²) in [6.07, 6.45) is -4.81. The van der Waals surface area contributed by atoms with Gasteiger partial charge in [0.1, 0.15) is 0 Å². The van der Waals surface area contributed by atoms with Crippen molar-refractivity contribution >= 4 is 24.8 Å². The first-order valence-corrected chi connectivity index (χ1v) is 6.41. The summed E-state index contributed by atoms with van der Waals surface area (Å²) in [6.45, 7) is 5.07. The van der Waals surface area contributed by atoms with Crippen molar-refractivity contribution in [3.63, 3.8) is 0 Å². The van der Waals surface area contributed by atoms with Gasteiger partial charge in [-0.2, -0.15) is 0 Å². The zero-order valence-corrected chi connectivity index (χ0v) is 13.5. The van der Waals surface area contributed by atoms with E-state index in [1.807, 2.05) is 6.92 Å². The third-order valence-electron chi connectivity index (χ3n) is 3.41. The zero-order valence-electron chi connectivity index (χ0n) is 11.9. The fraction of sp³-hybridized carbons (Fsp3) is 0.538. The average molecular weight is 363 g/mol. The van der Waals surface area contributed by atoms with Gasteiger partial charge < -0.3 is 15.2 Å². The van der Waals surface area contributed by atoms with E-state index in [1.165, 1.54) is 6.07 Å². The Balaban J connectivity index is 0.00000220. The summed E-state index contributed by atoms with van der Waals surface area (Å²) in [5.41, 5.74) is 0.439. The van der Waals surface area contributed by atoms with Crippen LogP contribution >= 0.6 is 24.8 Å². The summed E-state index contributed by atoms with van der Waals surface area (Å²) in [5.74, 6) is -1.01. The molecule has 0 radical (unpaired) electrons. The molecule has 1 aromatic rings. The Morgan fingerprint density at radius 3 is 2.36 bits per heavy atom. The van der Waals surface area contributed by atoms with Crippen LogP contribution in [0, 0.1) is 0 Å². The fourth-order valence-corrected chi connectivity index (χ4v) is 2.35. The molecule has 1 saturated heterocycles. The Bertz CT molecular complexity index is 469. The van der Waals surface area contributed by atoms with Gasteiger partial charge in [-0.1, -0.05) is 12.1 Å². The minimum atomic E-state index is -4.81. The number of aromatic hydroxyl groups is 1. The summed E-state index contributed by atoms with van der Waals surface area (Å²) in [7, 11) is 0. The van der Waals surface area contributed by atoms with Gasteiger partial charge in [0.25, 0.3) is 0 Å². The van der Waals surface area contributed by atoms with Crippen molar-refractivity contribution in [2.75, 3.05) is 26.2 Å². The third-order valence-corrected chi connectivity index (χ3v) is 3.41. The van der Waals surface area contributed by atoms with Crippen molar-refractivity contribution in [3.05, 3.63) is 23.8 Å². The van der Waals surface area contributed by atoms with E-state index >= 15 is 0 Å². The standard InChI is InChI=1S/C13H17F3N2O2.2ClH/c1-9(18-7-5-17-6-8-18)10-3-2-4-11(12(10)19)20-13(14,15)16;;/h2-4,9,17,19H,5-8H2,1H3;2*1H/t9-;;/m0../s1. The predicted octanol–water partition coefficient (Wildman–Crippen LogP) is 3.10. The minimum Gasteiger partial charge on any atom is -0.504 e. The molecule has 1 aliphatic rings. The third kappa shape index (κ3) is 5.39. The van der Waals surface area contributed by atoms with Crippen LogP contribution in [-0.4, -0.2) is 42.5 Å². The molecule has 4 nitrogen and oxygen atoms in total. The number of rotatable bonds is 3. The molecule has 1 atom stereocenters. The van der Waals surface area contributed by atoms with Gasteiger partial charge >= 0.3 is 6.36 Å². The van der Waals surface area contributed by atoms with Gasteiger partial charge in [-0.15, -0.1) is 38.0 Å². The number of halogens is 5. The number of hydrogen-bond donors (Lipinski definition) is 2. The van der Waals surface area contributed by atoms with Crippen LogP contribution in [0.1, 0.15) is 18.5 Å². The second-order valence-corrected chi connectivity index (χ2v) is 4.70. The largest absolute Gasteiger partial charge is 0.573 e. The van der Waals surface area contributed by atoms with Crippen molar-refractivity contribution in [1.82, 2.24) is 10.2 Å². The van der Waals surface area contributed by atoms with Crippen LogP contribution in [0.2, 0.25) is 0 Å². The normalized spacial score (nSPS) is 17.1. The molecular formula is C13H19Cl2F3N2O2. The first kappa shape index (κ1) is 21.1. The van der Waals surface area contributed by atoms with Crippen LogP contribution in [-0.2, 0) is 0 Å². The molecule has 9 heteroatoms. The monoisotopic (exact) mass is 362 g/mol. The number of piperazine rings is 1. The van der Waals surface area contributed by atoms with Gasteiger partial charge in [-0.3, -0.25) is 4.90 Å². The van der Waals surface area contributed by atoms with E-state index in [-0.39, 0.29) is 30.9 Å². The second-order valence-electron chi connectivity index (χ2n) is 4.70. The number of benzene rings is 1. The van der Waals surface area contributed by atoms with Gasteiger partial charge in [0.15, 0.2) is 11.5 Å². The van der Waals surface area contributed by atoms with E-state index in [1.54, 1.807) is 6.07 Å². The molecule has 0 aliphatic carbocycles. The van der Waals surface area contributed by atoms with E-state index in [4.69, 9.17) is 0 Å². The highest BCUT2D eigenvalue weighted by Gasteiger charge is 2.33. The number of phenolic OH excluding ortho intramolecular Hbond substituents is 1. The van der Waals surface area contributed by atoms with E-state index in [0.29, 0.717) is 5.56 Å². The molecule has 0 bridgehead atoms. The van der Waals surface area contributed by atoms with E-state index in [2.05, 4.69) is 15.0 Å². The number of hydrogen-bond acceptors (Lipinski definition) is 4. The first-order chi connectivity index (χ1) is 9.38. The predicted molar refractivity (Wildman–Crippen MR) is 82.1 cm³/mol. The minimum absolute atomic E-state index is 0. The summed E-state index contributed by atoms with van der Waals surface area (Å²) >= 11 is 0. The van der Waals surface area contributed by atoms with E-state index in [0.717, 1.165) is 32.2 Å². The lowest BCUT2D eigenvalue weighted by Gasteiger charge is -2.33. The molecule has 0 unspecified atom stereocenters. The van der Waals surface area contributed by atoms with Crippen LogP contribution in [0.5, 0.6) is 11.5 Å². The van der Waals surface area contributed by atoms with Crippen LogP contribution in [0.15, 0.2) is 18.2 Å². The molecular weight excluding hydrogens is 344 g/mol. The SMILES string of the molecule is C[C@@H](c1cccc(OC(F)(F)F)c1O)N1CCNCC1.Cl.Cl. The molecule has 2 rings (SSSR count).